The largest absolute Gasteiger partial charge is 0.388 e. The molecule has 0 heterocycles. The Morgan fingerprint density at radius 3 is 2.38 bits per heavy atom. The summed E-state index contributed by atoms with van der Waals surface area (Å²) in [7, 11) is 1.54. The Labute approximate surface area is 58.5 Å². The first-order chi connectivity index (χ1) is 3.68. The van der Waals surface area contributed by atoms with Crippen molar-refractivity contribution in [3.05, 3.63) is 0 Å². The van der Waals surface area contributed by atoms with Crippen LogP contribution in [0, 0.1) is 0 Å². The molecule has 8 heavy (non-hydrogen) atoms. The fourth-order valence-corrected chi connectivity index (χ4v) is 1.36. The van der Waals surface area contributed by atoms with Gasteiger partial charge in [-0.2, -0.15) is 0 Å². The van der Waals surface area contributed by atoms with Crippen molar-refractivity contribution >= 4 is 28.7 Å². The Hall–Kier alpha value is 0.920. The summed E-state index contributed by atoms with van der Waals surface area (Å²) < 4.78 is 4.88. The predicted molar refractivity (Wildman–Crippen MR) is 41.9 cm³/mol. The van der Waals surface area contributed by atoms with Crippen molar-refractivity contribution in [2.24, 2.45) is 0 Å². The summed E-state index contributed by atoms with van der Waals surface area (Å²) >= 11 is 6.33. The van der Waals surface area contributed by atoms with Crippen LogP contribution in [0.2, 0.25) is 0 Å². The van der Waals surface area contributed by atoms with Crippen LogP contribution in [0.4, 0.5) is 0 Å². The Bertz CT molecular complexity index is 86.4. The van der Waals surface area contributed by atoms with Crippen LogP contribution < -0.4 is 0 Å². The number of hydrogen-bond acceptors (Lipinski definition) is 4. The molecular weight excluding hydrogens is 163 g/mol. The standard InChI is InChI=1S/C3H9O2PS2/c1-5-6(7,3-4)8-2/h4H,3H2,1-2H3. The summed E-state index contributed by atoms with van der Waals surface area (Å²) in [6.07, 6.45) is 1.83. The molecule has 1 atom stereocenters. The van der Waals surface area contributed by atoms with Crippen LogP contribution in [-0.2, 0) is 16.3 Å². The van der Waals surface area contributed by atoms with E-state index in [9.17, 15) is 0 Å². The number of aliphatic hydroxyl groups excluding tert-OH is 1. The number of hydrogen-bond donors (Lipinski definition) is 1. The first-order valence-electron chi connectivity index (χ1n) is 2.00. The van der Waals surface area contributed by atoms with E-state index < -0.39 is 5.47 Å². The van der Waals surface area contributed by atoms with Gasteiger partial charge in [0.2, 0.25) is 0 Å². The quantitative estimate of drug-likeness (QED) is 0.649. The zero-order valence-corrected chi connectivity index (χ0v) is 7.35. The zero-order chi connectivity index (χ0) is 6.62. The third-order valence-electron chi connectivity index (χ3n) is 0.730. The fraction of sp³-hybridized carbons (Fsp3) is 1.00. The highest BCUT2D eigenvalue weighted by Gasteiger charge is 2.10. The van der Waals surface area contributed by atoms with Crippen LogP contribution >= 0.6 is 16.8 Å². The normalized spacial score (nSPS) is 17.9. The summed E-state index contributed by atoms with van der Waals surface area (Å²) in [5, 5.41) is 8.58. The van der Waals surface area contributed by atoms with E-state index in [1.807, 2.05) is 6.26 Å². The third kappa shape index (κ3) is 2.46. The predicted octanol–water partition coefficient (Wildman–Crippen LogP) is 1.26. The van der Waals surface area contributed by atoms with Gasteiger partial charge in [0.15, 0.2) is 0 Å². The van der Waals surface area contributed by atoms with Crippen molar-refractivity contribution in [3.63, 3.8) is 0 Å². The van der Waals surface area contributed by atoms with Crippen molar-refractivity contribution in [1.29, 1.82) is 0 Å². The first-order valence-corrected chi connectivity index (χ1v) is 6.73. The lowest BCUT2D eigenvalue weighted by atomic mass is 11.7. The Morgan fingerprint density at radius 2 is 2.38 bits per heavy atom. The van der Waals surface area contributed by atoms with Crippen molar-refractivity contribution in [1.82, 2.24) is 0 Å². The second-order valence-electron chi connectivity index (χ2n) is 1.12. The third-order valence-corrected chi connectivity index (χ3v) is 6.79. The van der Waals surface area contributed by atoms with Gasteiger partial charge in [-0.1, -0.05) is 23.2 Å². The van der Waals surface area contributed by atoms with Gasteiger partial charge in [-0.3, -0.25) is 0 Å². The van der Waals surface area contributed by atoms with Gasteiger partial charge >= 0.3 is 0 Å². The van der Waals surface area contributed by atoms with Crippen LogP contribution in [0.15, 0.2) is 0 Å². The minimum atomic E-state index is -1.86. The van der Waals surface area contributed by atoms with Gasteiger partial charge in [0.1, 0.15) is 11.8 Å². The molecule has 0 aromatic carbocycles. The van der Waals surface area contributed by atoms with Crippen LogP contribution in [-0.4, -0.2) is 24.8 Å². The Morgan fingerprint density at radius 1 is 1.88 bits per heavy atom. The molecular formula is C3H9O2PS2. The maximum absolute atomic E-state index is 8.58. The Balaban J connectivity index is 3.79. The highest BCUT2D eigenvalue weighted by atomic mass is 32.9. The second-order valence-corrected chi connectivity index (χ2v) is 8.68. The average molecular weight is 172 g/mol. The van der Waals surface area contributed by atoms with Crippen molar-refractivity contribution < 1.29 is 9.63 Å². The van der Waals surface area contributed by atoms with E-state index in [-0.39, 0.29) is 6.35 Å². The van der Waals surface area contributed by atoms with Crippen LogP contribution in [0.3, 0.4) is 0 Å². The zero-order valence-electron chi connectivity index (χ0n) is 4.83. The molecule has 50 valence electrons. The molecule has 2 nitrogen and oxygen atoms in total. The molecule has 0 amide bonds. The van der Waals surface area contributed by atoms with E-state index in [0.29, 0.717) is 0 Å². The fourth-order valence-electron chi connectivity index (χ4n) is 0.190. The van der Waals surface area contributed by atoms with Crippen LogP contribution in [0.1, 0.15) is 0 Å². The molecule has 0 spiro atoms. The van der Waals surface area contributed by atoms with Gasteiger partial charge in [-0.15, -0.1) is 0 Å². The molecule has 0 bridgehead atoms. The number of rotatable bonds is 3. The lowest BCUT2D eigenvalue weighted by molar-refractivity contribution is 0.347. The van der Waals surface area contributed by atoms with Gasteiger partial charge in [-0.25, -0.2) is 0 Å². The lowest BCUT2D eigenvalue weighted by Crippen LogP contribution is -1.83. The molecule has 0 fully saturated rings. The highest BCUT2D eigenvalue weighted by Crippen LogP contribution is 2.56. The molecule has 1 unspecified atom stereocenters. The van der Waals surface area contributed by atoms with Gasteiger partial charge in [0, 0.05) is 7.11 Å². The number of aliphatic hydroxyl groups is 1. The van der Waals surface area contributed by atoms with Gasteiger partial charge in [0.05, 0.1) is 0 Å². The van der Waals surface area contributed by atoms with E-state index in [1.54, 1.807) is 0 Å². The Kier molecular flexibility index (Phi) is 4.30. The molecule has 0 saturated carbocycles. The van der Waals surface area contributed by atoms with Crippen LogP contribution in [0.5, 0.6) is 0 Å². The van der Waals surface area contributed by atoms with Crippen molar-refractivity contribution in [3.8, 4) is 0 Å². The summed E-state index contributed by atoms with van der Waals surface area (Å²) in [5.74, 6) is 0. The molecule has 0 rings (SSSR count). The summed E-state index contributed by atoms with van der Waals surface area (Å²) in [6, 6.07) is 0. The highest BCUT2D eigenvalue weighted by molar-refractivity contribution is 8.69. The molecule has 0 aromatic heterocycles. The minimum Gasteiger partial charge on any atom is -0.388 e. The molecule has 0 saturated heterocycles. The lowest BCUT2D eigenvalue weighted by Gasteiger charge is -2.12. The van der Waals surface area contributed by atoms with E-state index in [2.05, 4.69) is 0 Å². The molecule has 0 radical (unpaired) electrons. The van der Waals surface area contributed by atoms with Crippen molar-refractivity contribution in [2.75, 3.05) is 19.7 Å². The van der Waals surface area contributed by atoms with Crippen molar-refractivity contribution in [2.45, 2.75) is 0 Å². The molecule has 0 aliphatic heterocycles. The maximum Gasteiger partial charge on any atom is 0.143 e. The first kappa shape index (κ1) is 8.92. The molecule has 0 aliphatic carbocycles. The second kappa shape index (κ2) is 3.85. The van der Waals surface area contributed by atoms with Gasteiger partial charge in [-0.05, 0) is 6.26 Å². The average Bonchev–Trinajstić information content (AvgIpc) is 1.87. The van der Waals surface area contributed by atoms with E-state index in [4.69, 9.17) is 21.4 Å². The summed E-state index contributed by atoms with van der Waals surface area (Å²) in [5.41, 5.74) is -1.86. The maximum atomic E-state index is 8.58. The smallest absolute Gasteiger partial charge is 0.143 e. The molecule has 1 N–H and O–H groups in total. The molecule has 0 aromatic rings. The SMILES string of the molecule is COP(=S)(CO)SC. The topological polar surface area (TPSA) is 29.5 Å². The monoisotopic (exact) mass is 172 g/mol. The van der Waals surface area contributed by atoms with E-state index in [1.165, 1.54) is 18.5 Å². The van der Waals surface area contributed by atoms with Gasteiger partial charge in [0.25, 0.3) is 0 Å². The van der Waals surface area contributed by atoms with Gasteiger partial charge < -0.3 is 9.63 Å². The summed E-state index contributed by atoms with van der Waals surface area (Å²) in [4.78, 5) is 0. The van der Waals surface area contributed by atoms with E-state index >= 15 is 0 Å². The van der Waals surface area contributed by atoms with Crippen LogP contribution in [0.25, 0.3) is 0 Å². The molecule has 5 heteroatoms. The minimum absolute atomic E-state index is 0.0139. The van der Waals surface area contributed by atoms with E-state index in [0.717, 1.165) is 0 Å². The summed E-state index contributed by atoms with van der Waals surface area (Å²) in [6.45, 7) is 0. The molecule has 0 aliphatic rings.